The molecular formula is C8H4ClNO2S. The van der Waals surface area contributed by atoms with Crippen molar-refractivity contribution in [3.63, 3.8) is 0 Å². The van der Waals surface area contributed by atoms with Gasteiger partial charge in [-0.1, -0.05) is 11.6 Å². The van der Waals surface area contributed by atoms with E-state index in [0.717, 1.165) is 10.2 Å². The molecule has 0 fully saturated rings. The molecule has 13 heavy (non-hydrogen) atoms. The first kappa shape index (κ1) is 8.47. The molecule has 0 saturated heterocycles. The number of hydrogen-bond acceptors (Lipinski definition) is 3. The Morgan fingerprint density at radius 1 is 1.62 bits per heavy atom. The number of thiophene rings is 1. The Kier molecular flexibility index (Phi) is 1.94. The van der Waals surface area contributed by atoms with Crippen LogP contribution in [0.3, 0.4) is 0 Å². The maximum absolute atomic E-state index is 10.7. The summed E-state index contributed by atoms with van der Waals surface area (Å²) in [6, 6.07) is 1.80. The minimum absolute atomic E-state index is 0.0524. The Balaban J connectivity index is 2.80. The largest absolute Gasteiger partial charge is 0.478 e. The number of carboxylic acid groups (broad SMARTS) is 1. The Morgan fingerprint density at radius 3 is 3.08 bits per heavy atom. The fourth-order valence-corrected chi connectivity index (χ4v) is 2.18. The molecule has 66 valence electrons. The molecule has 0 bridgehead atoms. The van der Waals surface area contributed by atoms with Crippen LogP contribution < -0.4 is 0 Å². The third-order valence-corrected chi connectivity index (χ3v) is 3.07. The topological polar surface area (TPSA) is 50.2 Å². The molecule has 3 nitrogen and oxygen atoms in total. The first-order valence-corrected chi connectivity index (χ1v) is 4.71. The van der Waals surface area contributed by atoms with Gasteiger partial charge in [0.25, 0.3) is 0 Å². The second-order valence-electron chi connectivity index (χ2n) is 2.43. The minimum Gasteiger partial charge on any atom is -0.478 e. The summed E-state index contributed by atoms with van der Waals surface area (Å²) in [6.45, 7) is 0. The van der Waals surface area contributed by atoms with E-state index >= 15 is 0 Å². The van der Waals surface area contributed by atoms with Gasteiger partial charge in [0.1, 0.15) is 0 Å². The molecule has 5 heteroatoms. The molecule has 0 unspecified atom stereocenters. The van der Waals surface area contributed by atoms with E-state index < -0.39 is 5.97 Å². The summed E-state index contributed by atoms with van der Waals surface area (Å²) in [5.74, 6) is -1.05. The van der Waals surface area contributed by atoms with Gasteiger partial charge >= 0.3 is 5.97 Å². The van der Waals surface area contributed by atoms with Crippen LogP contribution in [-0.2, 0) is 0 Å². The van der Waals surface area contributed by atoms with E-state index in [2.05, 4.69) is 4.98 Å². The molecule has 0 spiro atoms. The molecule has 2 aromatic heterocycles. The van der Waals surface area contributed by atoms with Crippen LogP contribution in [0.4, 0.5) is 0 Å². The summed E-state index contributed by atoms with van der Waals surface area (Å²) in [5.41, 5.74) is 0.789. The van der Waals surface area contributed by atoms with Gasteiger partial charge in [-0.3, -0.25) is 4.98 Å². The van der Waals surface area contributed by atoms with Gasteiger partial charge in [0, 0.05) is 6.20 Å². The predicted octanol–water partition coefficient (Wildman–Crippen LogP) is 2.65. The quantitative estimate of drug-likeness (QED) is 0.792. The monoisotopic (exact) mass is 213 g/mol. The number of nitrogens with zero attached hydrogens (tertiary/aromatic N) is 1. The normalized spacial score (nSPS) is 10.5. The number of hydrogen-bond donors (Lipinski definition) is 1. The van der Waals surface area contributed by atoms with Crippen molar-refractivity contribution in [1.29, 1.82) is 0 Å². The zero-order valence-electron chi connectivity index (χ0n) is 6.32. The smallest absolute Gasteiger partial charge is 0.338 e. The number of aromatic nitrogens is 1. The maximum Gasteiger partial charge on any atom is 0.338 e. The summed E-state index contributed by atoms with van der Waals surface area (Å²) < 4.78 is 0.724. The molecule has 0 aromatic carbocycles. The molecule has 0 aliphatic carbocycles. The number of rotatable bonds is 1. The van der Waals surface area contributed by atoms with E-state index in [1.54, 1.807) is 6.07 Å². The molecular weight excluding hydrogens is 210 g/mol. The average molecular weight is 214 g/mol. The van der Waals surface area contributed by atoms with Gasteiger partial charge in [-0.25, -0.2) is 4.79 Å². The van der Waals surface area contributed by atoms with E-state index in [4.69, 9.17) is 16.7 Å². The summed E-state index contributed by atoms with van der Waals surface area (Å²) in [7, 11) is 0. The molecule has 0 aliphatic rings. The summed E-state index contributed by atoms with van der Waals surface area (Å²) in [4.78, 5) is 14.6. The second-order valence-corrected chi connectivity index (χ2v) is 3.72. The zero-order chi connectivity index (χ0) is 9.42. The van der Waals surface area contributed by atoms with Gasteiger partial charge in [-0.05, 0) is 11.4 Å². The highest BCUT2D eigenvalue weighted by molar-refractivity contribution is 7.17. The van der Waals surface area contributed by atoms with Crippen molar-refractivity contribution in [2.24, 2.45) is 0 Å². The average Bonchev–Trinajstić information content (AvgIpc) is 2.52. The van der Waals surface area contributed by atoms with Crippen molar-refractivity contribution in [3.05, 3.63) is 28.2 Å². The highest BCUT2D eigenvalue weighted by Gasteiger charge is 2.12. The fourth-order valence-electron chi connectivity index (χ4n) is 1.03. The Labute approximate surface area is 82.6 Å². The van der Waals surface area contributed by atoms with Crippen LogP contribution in [0, 0.1) is 0 Å². The molecule has 0 aliphatic heterocycles. The van der Waals surface area contributed by atoms with Crippen LogP contribution in [0.2, 0.25) is 5.02 Å². The number of carbonyl (C=O) groups is 1. The third-order valence-electron chi connectivity index (χ3n) is 1.64. The van der Waals surface area contributed by atoms with Gasteiger partial charge in [0.05, 0.1) is 20.8 Å². The summed E-state index contributed by atoms with van der Waals surface area (Å²) >= 11 is 7.26. The van der Waals surface area contributed by atoms with Crippen LogP contribution in [0.25, 0.3) is 10.2 Å². The first-order valence-electron chi connectivity index (χ1n) is 3.45. The molecule has 1 N–H and O–H groups in total. The Hall–Kier alpha value is -1.13. The van der Waals surface area contributed by atoms with Crippen LogP contribution >= 0.6 is 22.9 Å². The van der Waals surface area contributed by atoms with E-state index in [9.17, 15) is 4.79 Å². The highest BCUT2D eigenvalue weighted by Crippen LogP contribution is 2.29. The SMILES string of the molecule is O=C(O)c1cnc2ccsc2c1Cl. The van der Waals surface area contributed by atoms with Crippen molar-refractivity contribution < 1.29 is 9.90 Å². The molecule has 2 rings (SSSR count). The molecule has 0 atom stereocenters. The summed E-state index contributed by atoms with van der Waals surface area (Å²) in [6.07, 6.45) is 1.28. The number of fused-ring (bicyclic) bond motifs is 1. The van der Waals surface area contributed by atoms with E-state index in [-0.39, 0.29) is 10.6 Å². The van der Waals surface area contributed by atoms with Gasteiger partial charge < -0.3 is 5.11 Å². The van der Waals surface area contributed by atoms with Crippen molar-refractivity contribution in [2.45, 2.75) is 0 Å². The molecule has 2 heterocycles. The number of pyridine rings is 1. The maximum atomic E-state index is 10.7. The highest BCUT2D eigenvalue weighted by atomic mass is 35.5. The predicted molar refractivity (Wildman–Crippen MR) is 51.6 cm³/mol. The fraction of sp³-hybridized carbons (Fsp3) is 0. The van der Waals surface area contributed by atoms with Crippen molar-refractivity contribution in [2.75, 3.05) is 0 Å². The Morgan fingerprint density at radius 2 is 2.38 bits per heavy atom. The van der Waals surface area contributed by atoms with Gasteiger partial charge in [0.15, 0.2) is 0 Å². The zero-order valence-corrected chi connectivity index (χ0v) is 7.89. The first-order chi connectivity index (χ1) is 6.20. The summed E-state index contributed by atoms with van der Waals surface area (Å²) in [5, 5.41) is 10.8. The van der Waals surface area contributed by atoms with Gasteiger partial charge in [-0.2, -0.15) is 0 Å². The van der Waals surface area contributed by atoms with Crippen LogP contribution in [0.1, 0.15) is 10.4 Å². The molecule has 0 amide bonds. The van der Waals surface area contributed by atoms with E-state index in [0.29, 0.717) is 0 Å². The number of aromatic carboxylic acids is 1. The van der Waals surface area contributed by atoms with Crippen LogP contribution in [-0.4, -0.2) is 16.1 Å². The Bertz CT molecular complexity index is 480. The van der Waals surface area contributed by atoms with Crippen molar-refractivity contribution >= 4 is 39.1 Å². The lowest BCUT2D eigenvalue weighted by Crippen LogP contribution is -1.97. The van der Waals surface area contributed by atoms with Gasteiger partial charge in [0.2, 0.25) is 0 Å². The number of carboxylic acids is 1. The lowest BCUT2D eigenvalue weighted by Gasteiger charge is -1.97. The van der Waals surface area contributed by atoms with E-state index in [1.807, 2.05) is 5.38 Å². The van der Waals surface area contributed by atoms with Crippen LogP contribution in [0.15, 0.2) is 17.6 Å². The molecule has 2 aromatic rings. The minimum atomic E-state index is -1.05. The van der Waals surface area contributed by atoms with Crippen molar-refractivity contribution in [1.82, 2.24) is 4.98 Å². The lowest BCUT2D eigenvalue weighted by atomic mass is 10.3. The van der Waals surface area contributed by atoms with Gasteiger partial charge in [-0.15, -0.1) is 11.3 Å². The number of halogens is 1. The van der Waals surface area contributed by atoms with E-state index in [1.165, 1.54) is 17.5 Å². The third kappa shape index (κ3) is 1.28. The van der Waals surface area contributed by atoms with Crippen molar-refractivity contribution in [3.8, 4) is 0 Å². The molecule has 0 radical (unpaired) electrons. The van der Waals surface area contributed by atoms with Crippen LogP contribution in [0.5, 0.6) is 0 Å². The molecule has 0 saturated carbocycles. The standard InChI is InChI=1S/C8H4ClNO2S/c9-6-4(8(11)12)3-10-5-1-2-13-7(5)6/h1-3H,(H,11,12). The second kappa shape index (κ2) is 2.97. The lowest BCUT2D eigenvalue weighted by molar-refractivity contribution is 0.0697.